The molecule has 1 aliphatic carbocycles. The zero-order chi connectivity index (χ0) is 25.7. The number of aryl methyl sites for hydroxylation is 1. The number of hydrogen-bond acceptors (Lipinski definition) is 9. The second-order valence-electron chi connectivity index (χ2n) is 9.30. The molecule has 0 bridgehead atoms. The number of H-pyrrole nitrogens is 1. The molecule has 6 rings (SSSR count). The number of carbonyl (C=O) groups excluding carboxylic acids is 1. The Morgan fingerprint density at radius 3 is 2.95 bits per heavy atom. The SMILES string of the molecule is COCC(=O)Nc1cc(F)c2c(c1)CCC2Nc1nc2nc(O[C@@H]3CO[C@H]4[C@@H]3OC[C@H]4O)[nH]c2cc1Cl. The number of carbonyl (C=O) groups is 1. The number of hydrogen-bond donors (Lipinski definition) is 4. The highest BCUT2D eigenvalue weighted by Crippen LogP contribution is 2.39. The summed E-state index contributed by atoms with van der Waals surface area (Å²) < 4.78 is 37.0. The summed E-state index contributed by atoms with van der Waals surface area (Å²) in [5.74, 6) is -0.410. The Balaban J connectivity index is 1.19. The van der Waals surface area contributed by atoms with Crippen molar-refractivity contribution in [1.82, 2.24) is 15.0 Å². The number of ether oxygens (including phenoxy) is 4. The van der Waals surface area contributed by atoms with Crippen molar-refractivity contribution in [2.45, 2.75) is 43.3 Å². The van der Waals surface area contributed by atoms with E-state index in [2.05, 4.69) is 25.6 Å². The molecule has 2 saturated heterocycles. The molecule has 4 heterocycles. The highest BCUT2D eigenvalue weighted by Gasteiger charge is 2.48. The molecule has 2 aliphatic heterocycles. The van der Waals surface area contributed by atoms with Crippen LogP contribution in [0.15, 0.2) is 18.2 Å². The van der Waals surface area contributed by atoms with E-state index >= 15 is 4.39 Å². The number of rotatable bonds is 7. The fourth-order valence-corrected chi connectivity index (χ4v) is 5.37. The molecule has 0 radical (unpaired) electrons. The third kappa shape index (κ3) is 4.59. The van der Waals surface area contributed by atoms with Crippen LogP contribution in [-0.2, 0) is 25.4 Å². The van der Waals surface area contributed by atoms with Crippen molar-refractivity contribution in [3.63, 3.8) is 0 Å². The van der Waals surface area contributed by atoms with Gasteiger partial charge in [0.25, 0.3) is 6.01 Å². The number of fused-ring (bicyclic) bond motifs is 3. The average Bonchev–Trinajstić information content (AvgIpc) is 3.61. The van der Waals surface area contributed by atoms with Crippen LogP contribution in [0.25, 0.3) is 11.2 Å². The fourth-order valence-electron chi connectivity index (χ4n) is 5.17. The Morgan fingerprint density at radius 2 is 2.11 bits per heavy atom. The lowest BCUT2D eigenvalue weighted by atomic mass is 10.1. The molecule has 13 heteroatoms. The Morgan fingerprint density at radius 1 is 1.27 bits per heavy atom. The maximum absolute atomic E-state index is 15.1. The number of nitrogens with one attached hydrogen (secondary N) is 3. The summed E-state index contributed by atoms with van der Waals surface area (Å²) in [6, 6.07) is 4.63. The Bertz CT molecular complexity index is 1350. The molecule has 196 valence electrons. The van der Waals surface area contributed by atoms with E-state index in [1.807, 2.05) is 0 Å². The van der Waals surface area contributed by atoms with E-state index in [0.29, 0.717) is 46.1 Å². The van der Waals surface area contributed by atoms with Gasteiger partial charge >= 0.3 is 0 Å². The van der Waals surface area contributed by atoms with Crippen molar-refractivity contribution in [1.29, 1.82) is 0 Å². The minimum Gasteiger partial charge on any atom is -0.456 e. The normalized spacial score (nSPS) is 26.3. The number of aliphatic hydroxyl groups excluding tert-OH is 1. The number of benzene rings is 1. The van der Waals surface area contributed by atoms with Crippen LogP contribution in [0.3, 0.4) is 0 Å². The van der Waals surface area contributed by atoms with E-state index in [1.165, 1.54) is 13.2 Å². The number of methoxy groups -OCH3 is 1. The number of nitrogens with zero attached hydrogens (tertiary/aromatic N) is 2. The third-order valence-corrected chi connectivity index (χ3v) is 7.07. The summed E-state index contributed by atoms with van der Waals surface area (Å²) in [6.07, 6.45) is -0.621. The molecular weight excluding hydrogens is 509 g/mol. The highest BCUT2D eigenvalue weighted by molar-refractivity contribution is 6.33. The second kappa shape index (κ2) is 9.69. The first-order chi connectivity index (χ1) is 17.9. The lowest BCUT2D eigenvalue weighted by Crippen LogP contribution is -2.34. The molecule has 4 N–H and O–H groups in total. The summed E-state index contributed by atoms with van der Waals surface area (Å²) in [4.78, 5) is 23.8. The van der Waals surface area contributed by atoms with Gasteiger partial charge in [-0.2, -0.15) is 4.98 Å². The topological polar surface area (TPSA) is 140 Å². The van der Waals surface area contributed by atoms with Gasteiger partial charge in [0.1, 0.15) is 36.6 Å². The van der Waals surface area contributed by atoms with Crippen molar-refractivity contribution < 1.29 is 33.2 Å². The number of aliphatic hydroxyl groups is 1. The zero-order valence-electron chi connectivity index (χ0n) is 19.8. The Labute approximate surface area is 215 Å². The van der Waals surface area contributed by atoms with E-state index < -0.39 is 24.1 Å². The first-order valence-corrected chi connectivity index (χ1v) is 12.3. The minimum absolute atomic E-state index is 0.109. The van der Waals surface area contributed by atoms with Gasteiger partial charge in [0.2, 0.25) is 5.91 Å². The lowest BCUT2D eigenvalue weighted by molar-refractivity contribution is -0.119. The van der Waals surface area contributed by atoms with Crippen LogP contribution >= 0.6 is 11.6 Å². The Hall–Kier alpha value is -3.03. The lowest BCUT2D eigenvalue weighted by Gasteiger charge is -2.17. The molecule has 2 aromatic heterocycles. The number of imidazole rings is 1. The molecule has 3 aliphatic rings. The number of pyridine rings is 1. The molecule has 0 spiro atoms. The molecule has 3 aromatic rings. The van der Waals surface area contributed by atoms with Gasteiger partial charge in [0.05, 0.1) is 29.8 Å². The molecule has 11 nitrogen and oxygen atoms in total. The number of anilines is 2. The van der Waals surface area contributed by atoms with Gasteiger partial charge in [-0.05, 0) is 36.6 Å². The van der Waals surface area contributed by atoms with E-state index in [-0.39, 0.29) is 43.9 Å². The predicted molar refractivity (Wildman–Crippen MR) is 130 cm³/mol. The number of halogens is 2. The first-order valence-electron chi connectivity index (χ1n) is 11.9. The van der Waals surface area contributed by atoms with Crippen LogP contribution in [0.1, 0.15) is 23.6 Å². The highest BCUT2D eigenvalue weighted by atomic mass is 35.5. The van der Waals surface area contributed by atoms with Crippen LogP contribution in [0.5, 0.6) is 6.01 Å². The van der Waals surface area contributed by atoms with Crippen LogP contribution in [0.4, 0.5) is 15.9 Å². The van der Waals surface area contributed by atoms with Crippen molar-refractivity contribution in [2.75, 3.05) is 37.6 Å². The van der Waals surface area contributed by atoms with Crippen LogP contribution < -0.4 is 15.4 Å². The van der Waals surface area contributed by atoms with Crippen molar-refractivity contribution >= 4 is 40.2 Å². The van der Waals surface area contributed by atoms with Crippen molar-refractivity contribution in [3.05, 3.63) is 40.2 Å². The van der Waals surface area contributed by atoms with Crippen LogP contribution in [-0.4, -0.2) is 77.3 Å². The van der Waals surface area contributed by atoms with Crippen molar-refractivity contribution in [2.24, 2.45) is 0 Å². The van der Waals surface area contributed by atoms with Crippen LogP contribution in [0.2, 0.25) is 5.02 Å². The number of amides is 1. The molecule has 0 saturated carbocycles. The van der Waals surface area contributed by atoms with E-state index in [4.69, 9.17) is 30.5 Å². The molecule has 1 aromatic carbocycles. The quantitative estimate of drug-likeness (QED) is 0.360. The maximum Gasteiger partial charge on any atom is 0.296 e. The number of aromatic amines is 1. The van der Waals surface area contributed by atoms with Gasteiger partial charge in [0.15, 0.2) is 11.8 Å². The van der Waals surface area contributed by atoms with Gasteiger partial charge < -0.3 is 39.7 Å². The second-order valence-corrected chi connectivity index (χ2v) is 9.71. The summed E-state index contributed by atoms with van der Waals surface area (Å²) >= 11 is 6.49. The third-order valence-electron chi connectivity index (χ3n) is 6.79. The van der Waals surface area contributed by atoms with Crippen molar-refractivity contribution in [3.8, 4) is 6.01 Å². The molecule has 1 unspecified atom stereocenters. The van der Waals surface area contributed by atoms with Gasteiger partial charge in [-0.3, -0.25) is 4.79 Å². The maximum atomic E-state index is 15.1. The largest absolute Gasteiger partial charge is 0.456 e. The first kappa shape index (κ1) is 24.3. The van der Waals surface area contributed by atoms with Gasteiger partial charge in [-0.15, -0.1) is 0 Å². The fraction of sp³-hybridized carbons (Fsp3) is 0.458. The standard InChI is InChI=1S/C24H25ClFN5O6/c1-34-9-18(33)27-11-4-10-2-3-14(19(10)13(26)5-11)28-22-12(25)6-15-23(30-22)31-24(29-15)37-17-8-36-20-16(32)7-35-21(17)20/h4-6,14,16-17,20-21,32H,2-3,7-9H2,1H3,(H,27,33)(H2,28,29,30,31)/t14?,16-,17-,20-,21-/m1/s1. The average molecular weight is 534 g/mol. The summed E-state index contributed by atoms with van der Waals surface area (Å²) in [5.41, 5.74) is 2.65. The number of aromatic nitrogens is 3. The van der Waals surface area contributed by atoms with E-state index in [0.717, 1.165) is 5.56 Å². The summed E-state index contributed by atoms with van der Waals surface area (Å²) in [5, 5.41) is 16.1. The zero-order valence-corrected chi connectivity index (χ0v) is 20.5. The summed E-state index contributed by atoms with van der Waals surface area (Å²) in [7, 11) is 1.42. The van der Waals surface area contributed by atoms with E-state index in [1.54, 1.807) is 12.1 Å². The van der Waals surface area contributed by atoms with Gasteiger partial charge in [-0.25, -0.2) is 9.37 Å². The molecule has 5 atom stereocenters. The monoisotopic (exact) mass is 533 g/mol. The van der Waals surface area contributed by atoms with Gasteiger partial charge in [-0.1, -0.05) is 11.6 Å². The molecule has 37 heavy (non-hydrogen) atoms. The smallest absolute Gasteiger partial charge is 0.296 e. The predicted octanol–water partition coefficient (Wildman–Crippen LogP) is 2.34. The molecular formula is C24H25ClFN5O6. The molecule has 1 amide bonds. The molecule has 2 fully saturated rings. The van der Waals surface area contributed by atoms with Crippen LogP contribution in [0, 0.1) is 5.82 Å². The summed E-state index contributed by atoms with van der Waals surface area (Å²) in [6.45, 7) is 0.368. The van der Waals surface area contributed by atoms with E-state index in [9.17, 15) is 9.90 Å². The minimum atomic E-state index is -0.671. The van der Waals surface area contributed by atoms with Gasteiger partial charge in [0, 0.05) is 18.4 Å². The Kier molecular flexibility index (Phi) is 6.37.